The van der Waals surface area contributed by atoms with E-state index in [1.54, 1.807) is 0 Å². The fourth-order valence-electron chi connectivity index (χ4n) is 1.59. The van der Waals surface area contributed by atoms with Crippen LogP contribution < -0.4 is 5.76 Å². The summed E-state index contributed by atoms with van der Waals surface area (Å²) in [4.78, 5) is 21.6. The van der Waals surface area contributed by atoms with Crippen LogP contribution >= 0.6 is 11.6 Å². The first-order valence-corrected chi connectivity index (χ1v) is 5.50. The number of nitrogens with zero attached hydrogens (tertiary/aromatic N) is 2. The second-order valence-corrected chi connectivity index (χ2v) is 3.85. The van der Waals surface area contributed by atoms with Crippen molar-refractivity contribution in [2.24, 2.45) is 0 Å². The normalized spacial score (nSPS) is 10.9. The molecule has 0 spiro atoms. The van der Waals surface area contributed by atoms with Crippen molar-refractivity contribution in [2.45, 2.75) is 13.0 Å². The van der Waals surface area contributed by atoms with Crippen molar-refractivity contribution < 1.29 is 9.34 Å². The Morgan fingerprint density at radius 2 is 2.24 bits per heavy atom. The number of benzene rings is 1. The molecule has 0 radical (unpaired) electrons. The van der Waals surface area contributed by atoms with Crippen molar-refractivity contribution in [3.05, 3.63) is 38.9 Å². The highest BCUT2D eigenvalue weighted by Crippen LogP contribution is 2.20. The van der Waals surface area contributed by atoms with Gasteiger partial charge in [-0.1, -0.05) is 0 Å². The highest BCUT2D eigenvalue weighted by atomic mass is 35.5. The van der Waals surface area contributed by atoms with E-state index in [0.717, 1.165) is 0 Å². The molecule has 0 bridgehead atoms. The van der Waals surface area contributed by atoms with Gasteiger partial charge in [0.1, 0.15) is 0 Å². The van der Waals surface area contributed by atoms with E-state index in [2.05, 4.69) is 0 Å². The predicted molar refractivity (Wildman–Crippen MR) is 62.5 cm³/mol. The molecule has 0 N–H and O–H groups in total. The third-order valence-electron chi connectivity index (χ3n) is 2.38. The number of fused-ring (bicyclic) bond motifs is 1. The average Bonchev–Trinajstić information content (AvgIpc) is 2.61. The highest BCUT2D eigenvalue weighted by molar-refractivity contribution is 6.17. The first kappa shape index (κ1) is 11.7. The Hall–Kier alpha value is -1.82. The van der Waals surface area contributed by atoms with Crippen molar-refractivity contribution in [1.29, 1.82) is 0 Å². The molecule has 0 atom stereocenters. The Morgan fingerprint density at radius 3 is 2.88 bits per heavy atom. The topological polar surface area (TPSA) is 78.3 Å². The lowest BCUT2D eigenvalue weighted by molar-refractivity contribution is -0.384. The Balaban J connectivity index is 2.57. The first-order chi connectivity index (χ1) is 8.13. The molecule has 0 aliphatic heterocycles. The number of hydrogen-bond donors (Lipinski definition) is 0. The summed E-state index contributed by atoms with van der Waals surface area (Å²) >= 11 is 5.55. The van der Waals surface area contributed by atoms with Crippen LogP contribution in [0.25, 0.3) is 11.1 Å². The number of nitro groups is 1. The quantitative estimate of drug-likeness (QED) is 0.477. The molecule has 0 aliphatic carbocycles. The number of aromatic nitrogens is 1. The molecule has 2 aromatic rings. The smallest absolute Gasteiger partial charge is 0.408 e. The zero-order chi connectivity index (χ0) is 12.4. The predicted octanol–water partition coefficient (Wildman–Crippen LogP) is 2.13. The minimum absolute atomic E-state index is 0.0714. The van der Waals surface area contributed by atoms with Crippen LogP contribution in [-0.2, 0) is 6.54 Å². The van der Waals surface area contributed by atoms with E-state index in [4.69, 9.17) is 16.0 Å². The summed E-state index contributed by atoms with van der Waals surface area (Å²) in [5.74, 6) is -0.112. The van der Waals surface area contributed by atoms with Crippen molar-refractivity contribution in [2.75, 3.05) is 5.88 Å². The lowest BCUT2D eigenvalue weighted by atomic mass is 10.3. The van der Waals surface area contributed by atoms with Gasteiger partial charge in [0, 0.05) is 24.6 Å². The molecule has 6 nitrogen and oxygen atoms in total. The molecule has 0 unspecified atom stereocenters. The minimum Gasteiger partial charge on any atom is -0.408 e. The molecule has 0 saturated heterocycles. The van der Waals surface area contributed by atoms with Crippen LogP contribution in [-0.4, -0.2) is 15.4 Å². The molecule has 1 heterocycles. The van der Waals surface area contributed by atoms with E-state index in [1.807, 2.05) is 0 Å². The van der Waals surface area contributed by atoms with E-state index in [9.17, 15) is 14.9 Å². The number of oxazole rings is 1. The van der Waals surface area contributed by atoms with Crippen LogP contribution in [0.3, 0.4) is 0 Å². The summed E-state index contributed by atoms with van der Waals surface area (Å²) in [6.45, 7) is 0.385. The van der Waals surface area contributed by atoms with Gasteiger partial charge < -0.3 is 4.42 Å². The number of halogens is 1. The van der Waals surface area contributed by atoms with Crippen LogP contribution in [0.5, 0.6) is 0 Å². The number of rotatable bonds is 4. The maximum atomic E-state index is 11.5. The molecule has 2 rings (SSSR count). The molecule has 1 aromatic heterocycles. The van der Waals surface area contributed by atoms with E-state index in [1.165, 1.54) is 22.8 Å². The minimum atomic E-state index is -0.523. The van der Waals surface area contributed by atoms with E-state index >= 15 is 0 Å². The second-order valence-electron chi connectivity index (χ2n) is 3.47. The summed E-state index contributed by atoms with van der Waals surface area (Å²) < 4.78 is 6.32. The van der Waals surface area contributed by atoms with Crippen LogP contribution in [0.1, 0.15) is 6.42 Å². The lowest BCUT2D eigenvalue weighted by Gasteiger charge is -1.99. The monoisotopic (exact) mass is 256 g/mol. The lowest BCUT2D eigenvalue weighted by Crippen LogP contribution is -2.14. The molecular formula is C10H9ClN2O4. The molecule has 1 aromatic carbocycles. The maximum Gasteiger partial charge on any atom is 0.419 e. The highest BCUT2D eigenvalue weighted by Gasteiger charge is 2.13. The summed E-state index contributed by atoms with van der Waals surface area (Å²) in [7, 11) is 0. The first-order valence-electron chi connectivity index (χ1n) is 4.97. The number of nitro benzene ring substituents is 1. The summed E-state index contributed by atoms with van der Waals surface area (Å²) in [5.41, 5.74) is 0.697. The van der Waals surface area contributed by atoms with Crippen LogP contribution in [0, 0.1) is 10.1 Å². The van der Waals surface area contributed by atoms with E-state index < -0.39 is 10.7 Å². The number of non-ortho nitro benzene ring substituents is 1. The van der Waals surface area contributed by atoms with Crippen LogP contribution in [0.2, 0.25) is 0 Å². The second kappa shape index (κ2) is 4.58. The van der Waals surface area contributed by atoms with Gasteiger partial charge in [-0.25, -0.2) is 4.79 Å². The van der Waals surface area contributed by atoms with Crippen molar-refractivity contribution in [1.82, 2.24) is 4.57 Å². The van der Waals surface area contributed by atoms with Gasteiger partial charge in [0.05, 0.1) is 10.4 Å². The molecule has 0 saturated carbocycles. The average molecular weight is 257 g/mol. The van der Waals surface area contributed by atoms with E-state index in [0.29, 0.717) is 29.9 Å². The van der Waals surface area contributed by atoms with Crippen molar-refractivity contribution in [3.63, 3.8) is 0 Å². The Morgan fingerprint density at radius 1 is 1.47 bits per heavy atom. The van der Waals surface area contributed by atoms with E-state index in [-0.39, 0.29) is 5.69 Å². The van der Waals surface area contributed by atoms with Gasteiger partial charge in [-0.15, -0.1) is 11.6 Å². The van der Waals surface area contributed by atoms with Gasteiger partial charge in [0.2, 0.25) is 0 Å². The Bertz CT molecular complexity index is 616. The number of aryl methyl sites for hydroxylation is 1. The molecule has 0 aliphatic rings. The summed E-state index contributed by atoms with van der Waals surface area (Å²) in [6.07, 6.45) is 0.596. The van der Waals surface area contributed by atoms with Crippen molar-refractivity contribution in [3.8, 4) is 0 Å². The molecule has 90 valence electrons. The largest absolute Gasteiger partial charge is 0.419 e. The number of hydrogen-bond acceptors (Lipinski definition) is 4. The maximum absolute atomic E-state index is 11.5. The molecule has 7 heteroatoms. The summed E-state index contributed by atoms with van der Waals surface area (Å²) in [6, 6.07) is 4.05. The van der Waals surface area contributed by atoms with Crippen molar-refractivity contribution >= 4 is 28.4 Å². The standard InChI is InChI=1S/C10H9ClN2O4/c11-4-1-5-12-8-6-7(13(15)16)2-3-9(8)17-10(12)14/h2-3,6H,1,4-5H2. The van der Waals surface area contributed by atoms with Crippen LogP contribution in [0.4, 0.5) is 5.69 Å². The van der Waals surface area contributed by atoms with Gasteiger partial charge in [-0.3, -0.25) is 14.7 Å². The molecular weight excluding hydrogens is 248 g/mol. The molecule has 0 fully saturated rings. The SMILES string of the molecule is O=c1oc2ccc([N+](=O)[O-])cc2n1CCCCl. The fraction of sp³-hybridized carbons (Fsp3) is 0.300. The molecule has 17 heavy (non-hydrogen) atoms. The van der Waals surface area contributed by atoms with Gasteiger partial charge in [0.15, 0.2) is 5.58 Å². The zero-order valence-electron chi connectivity index (χ0n) is 8.76. The Labute approximate surface area is 101 Å². The molecule has 0 amide bonds. The number of alkyl halides is 1. The fourth-order valence-corrected chi connectivity index (χ4v) is 1.71. The van der Waals surface area contributed by atoms with Gasteiger partial charge in [0.25, 0.3) is 5.69 Å². The zero-order valence-corrected chi connectivity index (χ0v) is 9.51. The Kier molecular flexibility index (Phi) is 3.14. The van der Waals surface area contributed by atoms with Gasteiger partial charge in [-0.05, 0) is 12.5 Å². The van der Waals surface area contributed by atoms with Gasteiger partial charge >= 0.3 is 5.76 Å². The third kappa shape index (κ3) is 2.16. The third-order valence-corrected chi connectivity index (χ3v) is 2.64. The van der Waals surface area contributed by atoms with Crippen LogP contribution in [0.15, 0.2) is 27.4 Å². The summed E-state index contributed by atoms with van der Waals surface area (Å²) in [5, 5.41) is 10.6. The van der Waals surface area contributed by atoms with Gasteiger partial charge in [-0.2, -0.15) is 0 Å².